The molecular weight excluding hydrogens is 300 g/mol. The molecular formula is C19H34N4O. The Bertz CT molecular complexity index is 450. The summed E-state index contributed by atoms with van der Waals surface area (Å²) in [4.78, 5) is 7.03. The van der Waals surface area contributed by atoms with Crippen LogP contribution in [0.1, 0.15) is 32.8 Å². The molecule has 24 heavy (non-hydrogen) atoms. The van der Waals surface area contributed by atoms with E-state index < -0.39 is 0 Å². The van der Waals surface area contributed by atoms with Crippen molar-refractivity contribution in [1.82, 2.24) is 15.5 Å². The number of aliphatic imine (C=N–C) groups is 1. The molecule has 0 saturated heterocycles. The fourth-order valence-corrected chi connectivity index (χ4v) is 2.34. The highest BCUT2D eigenvalue weighted by Gasteiger charge is 2.09. The van der Waals surface area contributed by atoms with Crippen LogP contribution in [-0.2, 0) is 11.3 Å². The Morgan fingerprint density at radius 2 is 1.96 bits per heavy atom. The van der Waals surface area contributed by atoms with Crippen LogP contribution in [0.3, 0.4) is 0 Å². The predicted octanol–water partition coefficient (Wildman–Crippen LogP) is 2.49. The van der Waals surface area contributed by atoms with Crippen LogP contribution in [0.5, 0.6) is 0 Å². The second kappa shape index (κ2) is 12.8. The molecule has 0 aromatic heterocycles. The van der Waals surface area contributed by atoms with Gasteiger partial charge in [-0.1, -0.05) is 30.3 Å². The normalized spacial score (nSPS) is 13.1. The minimum absolute atomic E-state index is 0.486. The number of nitrogens with one attached hydrogen (secondary N) is 2. The van der Waals surface area contributed by atoms with Gasteiger partial charge in [-0.15, -0.1) is 0 Å². The van der Waals surface area contributed by atoms with Gasteiger partial charge in [-0.05, 0) is 39.8 Å². The summed E-state index contributed by atoms with van der Waals surface area (Å²) in [5, 5.41) is 6.57. The van der Waals surface area contributed by atoms with Crippen molar-refractivity contribution in [1.29, 1.82) is 0 Å². The fourth-order valence-electron chi connectivity index (χ4n) is 2.34. The summed E-state index contributed by atoms with van der Waals surface area (Å²) >= 11 is 0. The number of nitrogens with zero attached hydrogens (tertiary/aromatic N) is 2. The van der Waals surface area contributed by atoms with Crippen LogP contribution < -0.4 is 10.6 Å². The summed E-state index contributed by atoms with van der Waals surface area (Å²) in [6.45, 7) is 11.2. The zero-order valence-corrected chi connectivity index (χ0v) is 15.7. The molecule has 0 radical (unpaired) electrons. The Hall–Kier alpha value is -1.59. The molecule has 5 heteroatoms. The number of guanidine groups is 1. The highest BCUT2D eigenvalue weighted by molar-refractivity contribution is 5.79. The zero-order valence-electron chi connectivity index (χ0n) is 15.7. The van der Waals surface area contributed by atoms with E-state index in [2.05, 4.69) is 71.8 Å². The molecule has 1 rings (SSSR count). The Kier molecular flexibility index (Phi) is 10.9. The van der Waals surface area contributed by atoms with Gasteiger partial charge in [-0.2, -0.15) is 0 Å². The number of hydrogen-bond acceptors (Lipinski definition) is 3. The molecule has 136 valence electrons. The third-order valence-electron chi connectivity index (χ3n) is 3.93. The highest BCUT2D eigenvalue weighted by Crippen LogP contribution is 2.08. The molecule has 1 aromatic carbocycles. The first-order valence-electron chi connectivity index (χ1n) is 9.01. The zero-order chi connectivity index (χ0) is 17.6. The summed E-state index contributed by atoms with van der Waals surface area (Å²) in [5.74, 6) is 0.870. The first-order valence-corrected chi connectivity index (χ1v) is 9.01. The van der Waals surface area contributed by atoms with Crippen LogP contribution in [0.2, 0.25) is 0 Å². The van der Waals surface area contributed by atoms with Gasteiger partial charge in [0, 0.05) is 38.8 Å². The standard InChI is InChI=1S/C19H34N4O/c1-5-20-19(22-14-15-24-6-2)21-13-12-17(3)23(4)16-18-10-8-7-9-11-18/h7-11,17H,5-6,12-16H2,1-4H3,(H2,20,21,22). The lowest BCUT2D eigenvalue weighted by Crippen LogP contribution is -2.39. The predicted molar refractivity (Wildman–Crippen MR) is 102 cm³/mol. The van der Waals surface area contributed by atoms with Gasteiger partial charge < -0.3 is 15.4 Å². The second-order valence-corrected chi connectivity index (χ2v) is 5.92. The maximum Gasteiger partial charge on any atom is 0.191 e. The van der Waals surface area contributed by atoms with Crippen molar-refractivity contribution in [3.63, 3.8) is 0 Å². The number of hydrogen-bond donors (Lipinski definition) is 2. The van der Waals surface area contributed by atoms with Crippen molar-refractivity contribution in [2.75, 3.05) is 39.9 Å². The van der Waals surface area contributed by atoms with Crippen LogP contribution in [-0.4, -0.2) is 56.8 Å². The van der Waals surface area contributed by atoms with Crippen molar-refractivity contribution < 1.29 is 4.74 Å². The number of ether oxygens (including phenoxy) is 1. The third kappa shape index (κ3) is 8.89. The van der Waals surface area contributed by atoms with E-state index in [9.17, 15) is 0 Å². The van der Waals surface area contributed by atoms with Gasteiger partial charge in [0.25, 0.3) is 0 Å². The quantitative estimate of drug-likeness (QED) is 0.371. The largest absolute Gasteiger partial charge is 0.380 e. The monoisotopic (exact) mass is 334 g/mol. The van der Waals surface area contributed by atoms with Gasteiger partial charge in [0.1, 0.15) is 0 Å². The lowest BCUT2D eigenvalue weighted by molar-refractivity contribution is 0.152. The Labute approximate surface area is 147 Å². The molecule has 0 fully saturated rings. The molecule has 0 amide bonds. The molecule has 0 aliphatic rings. The molecule has 0 saturated carbocycles. The van der Waals surface area contributed by atoms with Gasteiger partial charge in [0.05, 0.1) is 6.61 Å². The van der Waals surface area contributed by atoms with Crippen LogP contribution in [0.15, 0.2) is 35.3 Å². The lowest BCUT2D eigenvalue weighted by Gasteiger charge is -2.24. The first kappa shape index (κ1) is 20.5. The second-order valence-electron chi connectivity index (χ2n) is 5.92. The summed E-state index contributed by atoms with van der Waals surface area (Å²) < 4.78 is 5.34. The van der Waals surface area contributed by atoms with Gasteiger partial charge in [0.15, 0.2) is 5.96 Å². The van der Waals surface area contributed by atoms with E-state index in [1.165, 1.54) is 5.56 Å². The van der Waals surface area contributed by atoms with Crippen molar-refractivity contribution in [2.24, 2.45) is 4.99 Å². The maximum absolute atomic E-state index is 5.34. The maximum atomic E-state index is 5.34. The van der Waals surface area contributed by atoms with Crippen molar-refractivity contribution in [3.05, 3.63) is 35.9 Å². The van der Waals surface area contributed by atoms with E-state index in [4.69, 9.17) is 4.74 Å². The van der Waals surface area contributed by atoms with E-state index in [1.807, 2.05) is 6.92 Å². The van der Waals surface area contributed by atoms with Gasteiger partial charge in [0.2, 0.25) is 0 Å². The summed E-state index contributed by atoms with van der Waals surface area (Å²) in [6.07, 6.45) is 1.03. The van der Waals surface area contributed by atoms with E-state index >= 15 is 0 Å². The Morgan fingerprint density at radius 3 is 2.62 bits per heavy atom. The molecule has 1 atom stereocenters. The van der Waals surface area contributed by atoms with E-state index in [0.717, 1.165) is 45.2 Å². The van der Waals surface area contributed by atoms with Crippen molar-refractivity contribution >= 4 is 5.96 Å². The summed E-state index contributed by atoms with van der Waals surface area (Å²) in [7, 11) is 2.17. The minimum Gasteiger partial charge on any atom is -0.380 e. The van der Waals surface area contributed by atoms with Crippen LogP contribution >= 0.6 is 0 Å². The average Bonchev–Trinajstić information content (AvgIpc) is 2.59. The average molecular weight is 335 g/mol. The van der Waals surface area contributed by atoms with Crippen molar-refractivity contribution in [2.45, 2.75) is 39.8 Å². The third-order valence-corrected chi connectivity index (χ3v) is 3.93. The van der Waals surface area contributed by atoms with Crippen LogP contribution in [0.25, 0.3) is 0 Å². The number of benzene rings is 1. The molecule has 0 bridgehead atoms. The van der Waals surface area contributed by atoms with Gasteiger partial charge in [-0.25, -0.2) is 0 Å². The molecule has 2 N–H and O–H groups in total. The summed E-state index contributed by atoms with van der Waals surface area (Å²) in [6, 6.07) is 11.1. The summed E-state index contributed by atoms with van der Waals surface area (Å²) in [5.41, 5.74) is 1.35. The Morgan fingerprint density at radius 1 is 1.21 bits per heavy atom. The van der Waals surface area contributed by atoms with E-state index in [0.29, 0.717) is 12.6 Å². The molecule has 1 aromatic rings. The first-order chi connectivity index (χ1) is 11.7. The SMILES string of the molecule is CCNC(=NCCC(C)N(C)Cc1ccccc1)NCCOCC. The van der Waals surface area contributed by atoms with E-state index in [-0.39, 0.29) is 0 Å². The highest BCUT2D eigenvalue weighted by atomic mass is 16.5. The molecule has 0 aliphatic carbocycles. The molecule has 1 unspecified atom stereocenters. The lowest BCUT2D eigenvalue weighted by atomic mass is 10.1. The minimum atomic E-state index is 0.486. The number of rotatable bonds is 11. The van der Waals surface area contributed by atoms with E-state index in [1.54, 1.807) is 0 Å². The fraction of sp³-hybridized carbons (Fsp3) is 0.632. The van der Waals surface area contributed by atoms with Gasteiger partial charge in [-0.3, -0.25) is 9.89 Å². The smallest absolute Gasteiger partial charge is 0.191 e. The molecule has 5 nitrogen and oxygen atoms in total. The Balaban J connectivity index is 2.34. The van der Waals surface area contributed by atoms with Gasteiger partial charge >= 0.3 is 0 Å². The molecule has 0 heterocycles. The van der Waals surface area contributed by atoms with Crippen LogP contribution in [0, 0.1) is 0 Å². The van der Waals surface area contributed by atoms with Crippen molar-refractivity contribution in [3.8, 4) is 0 Å². The molecule has 0 spiro atoms. The van der Waals surface area contributed by atoms with Crippen LogP contribution in [0.4, 0.5) is 0 Å². The molecule has 0 aliphatic heterocycles. The topological polar surface area (TPSA) is 48.9 Å².